The number of hydrogen-bond acceptors (Lipinski definition) is 4. The zero-order chi connectivity index (χ0) is 14.1. The summed E-state index contributed by atoms with van der Waals surface area (Å²) in [5, 5.41) is 4.39. The van der Waals surface area contributed by atoms with Crippen LogP contribution in [0.1, 0.15) is 17.3 Å². The molecule has 0 saturated carbocycles. The van der Waals surface area contributed by atoms with Gasteiger partial charge in [0.05, 0.1) is 16.8 Å². The second-order valence-electron chi connectivity index (χ2n) is 5.20. The predicted molar refractivity (Wildman–Crippen MR) is 79.9 cm³/mol. The van der Waals surface area contributed by atoms with E-state index in [0.29, 0.717) is 11.6 Å². The molecule has 20 heavy (non-hydrogen) atoms. The van der Waals surface area contributed by atoms with Crippen molar-refractivity contribution in [2.75, 3.05) is 24.5 Å². The van der Waals surface area contributed by atoms with Crippen LogP contribution in [0.15, 0.2) is 30.5 Å². The lowest BCUT2D eigenvalue weighted by Gasteiger charge is -2.35. The number of piperazine rings is 1. The van der Waals surface area contributed by atoms with E-state index >= 15 is 0 Å². The average Bonchev–Trinajstić information content (AvgIpc) is 2.46. The van der Waals surface area contributed by atoms with Gasteiger partial charge in [-0.05, 0) is 13.0 Å². The first-order valence-corrected chi connectivity index (χ1v) is 6.82. The van der Waals surface area contributed by atoms with Gasteiger partial charge in [-0.1, -0.05) is 18.2 Å². The van der Waals surface area contributed by atoms with E-state index in [1.807, 2.05) is 24.3 Å². The van der Waals surface area contributed by atoms with Crippen LogP contribution in [0.5, 0.6) is 0 Å². The molecule has 5 nitrogen and oxygen atoms in total. The summed E-state index contributed by atoms with van der Waals surface area (Å²) in [4.78, 5) is 18.3. The number of carbonyl (C=O) groups is 1. The molecule has 1 saturated heterocycles. The van der Waals surface area contributed by atoms with Crippen LogP contribution < -0.4 is 16.0 Å². The third-order valence-corrected chi connectivity index (χ3v) is 3.70. The Morgan fingerprint density at radius 3 is 3.00 bits per heavy atom. The number of fused-ring (bicyclic) bond motifs is 1. The van der Waals surface area contributed by atoms with Crippen molar-refractivity contribution in [3.63, 3.8) is 0 Å². The van der Waals surface area contributed by atoms with Crippen molar-refractivity contribution >= 4 is 22.5 Å². The fourth-order valence-electron chi connectivity index (χ4n) is 2.78. The van der Waals surface area contributed by atoms with E-state index < -0.39 is 5.91 Å². The molecule has 0 spiro atoms. The van der Waals surface area contributed by atoms with Gasteiger partial charge in [-0.15, -0.1) is 0 Å². The molecular formula is C15H18N4O. The van der Waals surface area contributed by atoms with Gasteiger partial charge in [0, 0.05) is 37.3 Å². The molecular weight excluding hydrogens is 252 g/mol. The van der Waals surface area contributed by atoms with Gasteiger partial charge in [0.25, 0.3) is 5.91 Å². The minimum atomic E-state index is -0.426. The predicted octanol–water partition coefficient (Wildman–Crippen LogP) is 1.13. The molecule has 3 N–H and O–H groups in total. The van der Waals surface area contributed by atoms with Gasteiger partial charge in [0.15, 0.2) is 0 Å². The van der Waals surface area contributed by atoms with E-state index in [1.165, 1.54) is 0 Å². The molecule has 1 aromatic carbocycles. The SMILES string of the molecule is C[C@H]1CN(c2c(C(N)=O)cnc3ccccc23)CCN1. The van der Waals surface area contributed by atoms with Gasteiger partial charge < -0.3 is 16.0 Å². The lowest BCUT2D eigenvalue weighted by atomic mass is 10.1. The molecule has 1 aromatic heterocycles. The van der Waals surface area contributed by atoms with Crippen molar-refractivity contribution in [2.45, 2.75) is 13.0 Å². The number of aromatic nitrogens is 1. The number of hydrogen-bond donors (Lipinski definition) is 2. The van der Waals surface area contributed by atoms with Crippen molar-refractivity contribution in [1.29, 1.82) is 0 Å². The summed E-state index contributed by atoms with van der Waals surface area (Å²) in [5.74, 6) is -0.426. The summed E-state index contributed by atoms with van der Waals surface area (Å²) in [7, 11) is 0. The number of para-hydroxylation sites is 1. The summed E-state index contributed by atoms with van der Waals surface area (Å²) >= 11 is 0. The summed E-state index contributed by atoms with van der Waals surface area (Å²) in [5.41, 5.74) is 7.82. The summed E-state index contributed by atoms with van der Waals surface area (Å²) in [6.45, 7) is 4.75. The van der Waals surface area contributed by atoms with E-state index in [1.54, 1.807) is 6.20 Å². The molecule has 1 aliphatic heterocycles. The molecule has 2 heterocycles. The molecule has 1 amide bonds. The Hall–Kier alpha value is -2.14. The standard InChI is InChI=1S/C15H18N4O/c1-10-9-19(7-6-17-10)14-11-4-2-3-5-13(11)18-8-12(14)15(16)20/h2-5,8,10,17H,6-7,9H2,1H3,(H2,16,20)/t10-/m0/s1. The third-order valence-electron chi connectivity index (χ3n) is 3.70. The van der Waals surface area contributed by atoms with Gasteiger partial charge >= 0.3 is 0 Å². The smallest absolute Gasteiger partial charge is 0.252 e. The van der Waals surface area contributed by atoms with Gasteiger partial charge in [-0.2, -0.15) is 0 Å². The Bertz CT molecular complexity index is 655. The van der Waals surface area contributed by atoms with Crippen LogP contribution >= 0.6 is 0 Å². The first kappa shape index (κ1) is 12.9. The minimum absolute atomic E-state index is 0.386. The van der Waals surface area contributed by atoms with Crippen LogP contribution in [-0.4, -0.2) is 36.6 Å². The number of carbonyl (C=O) groups excluding carboxylic acids is 1. The van der Waals surface area contributed by atoms with E-state index in [2.05, 4.69) is 22.1 Å². The van der Waals surface area contributed by atoms with Crippen LogP contribution in [0.4, 0.5) is 5.69 Å². The Balaban J connectivity index is 2.19. The molecule has 1 fully saturated rings. The second kappa shape index (κ2) is 5.09. The Morgan fingerprint density at radius 1 is 1.45 bits per heavy atom. The molecule has 0 bridgehead atoms. The topological polar surface area (TPSA) is 71.2 Å². The first-order valence-electron chi connectivity index (χ1n) is 6.82. The zero-order valence-electron chi connectivity index (χ0n) is 11.5. The number of rotatable bonds is 2. The number of primary amides is 1. The maximum atomic E-state index is 11.7. The van der Waals surface area contributed by atoms with Crippen molar-refractivity contribution in [3.05, 3.63) is 36.0 Å². The lowest BCUT2D eigenvalue weighted by molar-refractivity contribution is 0.100. The van der Waals surface area contributed by atoms with Crippen molar-refractivity contribution in [2.24, 2.45) is 5.73 Å². The average molecular weight is 270 g/mol. The van der Waals surface area contributed by atoms with Crippen molar-refractivity contribution < 1.29 is 4.79 Å². The van der Waals surface area contributed by atoms with E-state index in [0.717, 1.165) is 36.2 Å². The van der Waals surface area contributed by atoms with Crippen LogP contribution in [-0.2, 0) is 0 Å². The third kappa shape index (κ3) is 2.20. The molecule has 0 unspecified atom stereocenters. The Morgan fingerprint density at radius 2 is 2.25 bits per heavy atom. The fourth-order valence-corrected chi connectivity index (χ4v) is 2.78. The van der Waals surface area contributed by atoms with Gasteiger partial charge in [-0.3, -0.25) is 9.78 Å². The number of amides is 1. The minimum Gasteiger partial charge on any atom is -0.367 e. The highest BCUT2D eigenvalue weighted by atomic mass is 16.1. The largest absolute Gasteiger partial charge is 0.367 e. The molecule has 0 radical (unpaired) electrons. The van der Waals surface area contributed by atoms with Crippen LogP contribution in [0.25, 0.3) is 10.9 Å². The number of anilines is 1. The molecule has 0 aliphatic carbocycles. The highest BCUT2D eigenvalue weighted by Crippen LogP contribution is 2.30. The number of benzene rings is 1. The number of nitrogens with two attached hydrogens (primary N) is 1. The Labute approximate surface area is 117 Å². The highest BCUT2D eigenvalue weighted by Gasteiger charge is 2.22. The maximum absolute atomic E-state index is 11.7. The van der Waals surface area contributed by atoms with Crippen molar-refractivity contribution in [3.8, 4) is 0 Å². The number of pyridine rings is 1. The van der Waals surface area contributed by atoms with E-state index in [4.69, 9.17) is 5.73 Å². The number of nitrogens with one attached hydrogen (secondary N) is 1. The van der Waals surface area contributed by atoms with Crippen LogP contribution in [0.3, 0.4) is 0 Å². The van der Waals surface area contributed by atoms with Gasteiger partial charge in [-0.25, -0.2) is 0 Å². The van der Waals surface area contributed by atoms with Gasteiger partial charge in [0.2, 0.25) is 0 Å². The van der Waals surface area contributed by atoms with E-state index in [9.17, 15) is 4.79 Å². The molecule has 5 heteroatoms. The monoisotopic (exact) mass is 270 g/mol. The quantitative estimate of drug-likeness (QED) is 0.858. The van der Waals surface area contributed by atoms with Crippen LogP contribution in [0.2, 0.25) is 0 Å². The fraction of sp³-hybridized carbons (Fsp3) is 0.333. The molecule has 1 atom stereocenters. The summed E-state index contributed by atoms with van der Waals surface area (Å²) < 4.78 is 0. The zero-order valence-corrected chi connectivity index (χ0v) is 11.5. The summed E-state index contributed by atoms with van der Waals surface area (Å²) in [6.07, 6.45) is 1.59. The highest BCUT2D eigenvalue weighted by molar-refractivity contribution is 6.06. The Kier molecular flexibility index (Phi) is 3.28. The molecule has 3 rings (SSSR count). The lowest BCUT2D eigenvalue weighted by Crippen LogP contribution is -2.49. The molecule has 1 aliphatic rings. The normalized spacial score (nSPS) is 19.2. The van der Waals surface area contributed by atoms with Crippen molar-refractivity contribution in [1.82, 2.24) is 10.3 Å². The molecule has 104 valence electrons. The van der Waals surface area contributed by atoms with Crippen LogP contribution in [0, 0.1) is 0 Å². The van der Waals surface area contributed by atoms with Gasteiger partial charge in [0.1, 0.15) is 0 Å². The second-order valence-corrected chi connectivity index (χ2v) is 5.20. The molecule has 2 aromatic rings. The number of nitrogens with zero attached hydrogens (tertiary/aromatic N) is 2. The van der Waals surface area contributed by atoms with E-state index in [-0.39, 0.29) is 0 Å². The summed E-state index contributed by atoms with van der Waals surface area (Å²) in [6, 6.07) is 8.25. The maximum Gasteiger partial charge on any atom is 0.252 e. The first-order chi connectivity index (χ1) is 9.66.